The minimum atomic E-state index is -0.558. The van der Waals surface area contributed by atoms with Gasteiger partial charge in [0.1, 0.15) is 11.6 Å². The number of ether oxygens (including phenoxy) is 1. The molecule has 0 fully saturated rings. The van der Waals surface area contributed by atoms with Gasteiger partial charge in [0.15, 0.2) is 0 Å². The Bertz CT molecular complexity index is 731. The molecule has 6 nitrogen and oxygen atoms in total. The maximum absolute atomic E-state index is 11.0. The van der Waals surface area contributed by atoms with Crippen molar-refractivity contribution < 1.29 is 9.66 Å². The van der Waals surface area contributed by atoms with E-state index in [4.69, 9.17) is 27.5 Å². The van der Waals surface area contributed by atoms with Crippen LogP contribution in [0.4, 0.5) is 5.69 Å². The van der Waals surface area contributed by atoms with E-state index in [0.29, 0.717) is 21.9 Å². The molecule has 0 atom stereocenters. The fourth-order valence-electron chi connectivity index (χ4n) is 1.83. The number of nitrogens with one attached hydrogen (secondary N) is 1. The molecule has 2 aromatic carbocycles. The number of amidine groups is 1. The highest BCUT2D eigenvalue weighted by Gasteiger charge is 2.19. The van der Waals surface area contributed by atoms with Crippen molar-refractivity contribution in [1.29, 1.82) is 5.41 Å². The lowest BCUT2D eigenvalue weighted by Crippen LogP contribution is -2.13. The molecule has 0 aliphatic rings. The summed E-state index contributed by atoms with van der Waals surface area (Å²) in [5.74, 6) is 0.123. The minimum absolute atomic E-state index is 0.00398. The molecule has 0 aliphatic carbocycles. The molecule has 0 saturated carbocycles. The highest BCUT2D eigenvalue weighted by atomic mass is 35.5. The summed E-state index contributed by atoms with van der Waals surface area (Å²) in [6.45, 7) is 1.76. The second-order valence-corrected chi connectivity index (χ2v) is 4.77. The van der Waals surface area contributed by atoms with E-state index in [0.717, 1.165) is 0 Å². The number of benzene rings is 2. The van der Waals surface area contributed by atoms with Crippen molar-refractivity contribution in [2.75, 3.05) is 0 Å². The number of rotatable bonds is 4. The van der Waals surface area contributed by atoms with Crippen LogP contribution in [0.15, 0.2) is 36.4 Å². The monoisotopic (exact) mass is 305 g/mol. The number of nitrogens with two attached hydrogens (primary N) is 1. The highest BCUT2D eigenvalue weighted by molar-refractivity contribution is 6.30. The van der Waals surface area contributed by atoms with Crippen LogP contribution in [0.1, 0.15) is 11.1 Å². The van der Waals surface area contributed by atoms with E-state index in [1.54, 1.807) is 25.1 Å². The molecule has 7 heteroatoms. The lowest BCUT2D eigenvalue weighted by Gasteiger charge is -2.13. The van der Waals surface area contributed by atoms with Gasteiger partial charge >= 0.3 is 5.69 Å². The van der Waals surface area contributed by atoms with E-state index >= 15 is 0 Å². The Hall–Kier alpha value is -2.60. The summed E-state index contributed by atoms with van der Waals surface area (Å²) < 4.78 is 5.63. The molecule has 0 spiro atoms. The second kappa shape index (κ2) is 5.80. The van der Waals surface area contributed by atoms with Gasteiger partial charge < -0.3 is 10.5 Å². The van der Waals surface area contributed by atoms with Crippen LogP contribution in [-0.4, -0.2) is 10.8 Å². The van der Waals surface area contributed by atoms with E-state index < -0.39 is 4.92 Å². The zero-order valence-electron chi connectivity index (χ0n) is 11.1. The van der Waals surface area contributed by atoms with Crippen LogP contribution < -0.4 is 10.5 Å². The Labute approximate surface area is 125 Å². The molecule has 0 bridgehead atoms. The Kier molecular flexibility index (Phi) is 4.09. The second-order valence-electron chi connectivity index (χ2n) is 4.34. The maximum atomic E-state index is 11.0. The quantitative estimate of drug-likeness (QED) is 0.389. The third kappa shape index (κ3) is 3.11. The predicted molar refractivity (Wildman–Crippen MR) is 80.4 cm³/mol. The molecule has 0 saturated heterocycles. The topological polar surface area (TPSA) is 102 Å². The van der Waals surface area contributed by atoms with Gasteiger partial charge in [-0.25, -0.2) is 0 Å². The molecular formula is C14H12ClN3O3. The average Bonchev–Trinajstić information content (AvgIpc) is 2.40. The van der Waals surface area contributed by atoms with Gasteiger partial charge in [-0.2, -0.15) is 0 Å². The molecule has 0 aromatic heterocycles. The number of aryl methyl sites for hydroxylation is 1. The van der Waals surface area contributed by atoms with Crippen molar-refractivity contribution in [3.05, 3.63) is 62.7 Å². The lowest BCUT2D eigenvalue weighted by molar-refractivity contribution is -0.385. The van der Waals surface area contributed by atoms with E-state index in [2.05, 4.69) is 0 Å². The number of nitrogen functional groups attached to an aromatic ring is 1. The van der Waals surface area contributed by atoms with Gasteiger partial charge in [-0.3, -0.25) is 15.5 Å². The Morgan fingerprint density at radius 2 is 2.10 bits per heavy atom. The van der Waals surface area contributed by atoms with Crippen LogP contribution >= 0.6 is 11.6 Å². The number of hydrogen-bond donors (Lipinski definition) is 2. The lowest BCUT2D eigenvalue weighted by atomic mass is 10.1. The van der Waals surface area contributed by atoms with Crippen molar-refractivity contribution in [2.45, 2.75) is 6.92 Å². The molecule has 2 rings (SSSR count). The van der Waals surface area contributed by atoms with Crippen LogP contribution in [0, 0.1) is 22.4 Å². The van der Waals surface area contributed by atoms with Crippen molar-refractivity contribution >= 4 is 23.1 Å². The van der Waals surface area contributed by atoms with Crippen LogP contribution in [0.2, 0.25) is 5.02 Å². The summed E-state index contributed by atoms with van der Waals surface area (Å²) in [6, 6.07) is 9.14. The first kappa shape index (κ1) is 14.8. The van der Waals surface area contributed by atoms with E-state index in [-0.39, 0.29) is 17.3 Å². The molecule has 3 N–H and O–H groups in total. The zero-order valence-corrected chi connectivity index (χ0v) is 11.8. The highest BCUT2D eigenvalue weighted by Crippen LogP contribution is 2.36. The van der Waals surface area contributed by atoms with E-state index in [1.807, 2.05) is 0 Å². The molecular weight excluding hydrogens is 294 g/mol. The number of nitrogens with zero attached hydrogens (tertiary/aromatic N) is 1. The molecule has 0 radical (unpaired) electrons. The molecule has 0 heterocycles. The zero-order chi connectivity index (χ0) is 15.6. The number of hydrogen-bond acceptors (Lipinski definition) is 4. The molecule has 0 aliphatic heterocycles. The normalized spacial score (nSPS) is 10.2. The Morgan fingerprint density at radius 1 is 1.38 bits per heavy atom. The van der Waals surface area contributed by atoms with Gasteiger partial charge in [0.05, 0.1) is 10.5 Å². The Balaban J connectivity index is 2.55. The van der Waals surface area contributed by atoms with E-state index in [1.165, 1.54) is 18.2 Å². The molecule has 0 unspecified atom stereocenters. The summed E-state index contributed by atoms with van der Waals surface area (Å²) in [7, 11) is 0. The fourth-order valence-corrected chi connectivity index (χ4v) is 1.99. The van der Waals surface area contributed by atoms with Gasteiger partial charge in [-0.15, -0.1) is 0 Å². The largest absolute Gasteiger partial charge is 0.449 e. The van der Waals surface area contributed by atoms with Gasteiger partial charge in [0.2, 0.25) is 5.75 Å². The first-order valence-electron chi connectivity index (χ1n) is 5.96. The standard InChI is InChI=1S/C14H12ClN3O3/c1-8-3-2-4-10(14(16)17)13(8)21-12-7-9(15)5-6-11(12)18(19)20/h2-7H,1H3,(H3,16,17). The van der Waals surface area contributed by atoms with Gasteiger partial charge in [0.25, 0.3) is 0 Å². The summed E-state index contributed by atoms with van der Waals surface area (Å²) in [6.07, 6.45) is 0. The van der Waals surface area contributed by atoms with Crippen LogP contribution in [0.25, 0.3) is 0 Å². The third-order valence-electron chi connectivity index (χ3n) is 2.83. The van der Waals surface area contributed by atoms with Crippen molar-refractivity contribution in [3.8, 4) is 11.5 Å². The summed E-state index contributed by atoms with van der Waals surface area (Å²) in [4.78, 5) is 10.5. The van der Waals surface area contributed by atoms with Gasteiger partial charge in [0, 0.05) is 17.2 Å². The average molecular weight is 306 g/mol. The minimum Gasteiger partial charge on any atom is -0.449 e. The predicted octanol–water partition coefficient (Wildman–Crippen LogP) is 3.63. The maximum Gasteiger partial charge on any atom is 0.311 e. The molecule has 2 aromatic rings. The van der Waals surface area contributed by atoms with Crippen molar-refractivity contribution in [1.82, 2.24) is 0 Å². The van der Waals surface area contributed by atoms with Crippen molar-refractivity contribution in [3.63, 3.8) is 0 Å². The summed E-state index contributed by atoms with van der Waals surface area (Å²) in [5, 5.41) is 18.9. The van der Waals surface area contributed by atoms with Crippen LogP contribution in [0.5, 0.6) is 11.5 Å². The first-order chi connectivity index (χ1) is 9.90. The third-order valence-corrected chi connectivity index (χ3v) is 3.07. The number of para-hydroxylation sites is 1. The fraction of sp³-hybridized carbons (Fsp3) is 0.0714. The van der Waals surface area contributed by atoms with E-state index in [9.17, 15) is 10.1 Å². The molecule has 0 amide bonds. The number of nitro benzene ring substituents is 1. The smallest absolute Gasteiger partial charge is 0.311 e. The van der Waals surface area contributed by atoms with Crippen LogP contribution in [-0.2, 0) is 0 Å². The SMILES string of the molecule is Cc1cccc(C(=N)N)c1Oc1cc(Cl)ccc1[N+](=O)[O-]. The number of nitro groups is 1. The summed E-state index contributed by atoms with van der Waals surface area (Å²) in [5.41, 5.74) is 6.37. The molecule has 108 valence electrons. The van der Waals surface area contributed by atoms with Crippen LogP contribution in [0.3, 0.4) is 0 Å². The summed E-state index contributed by atoms with van der Waals surface area (Å²) >= 11 is 5.86. The first-order valence-corrected chi connectivity index (χ1v) is 6.33. The Morgan fingerprint density at radius 3 is 2.71 bits per heavy atom. The van der Waals surface area contributed by atoms with Gasteiger partial charge in [-0.1, -0.05) is 23.7 Å². The van der Waals surface area contributed by atoms with Crippen molar-refractivity contribution in [2.24, 2.45) is 5.73 Å². The number of halogens is 1. The van der Waals surface area contributed by atoms with Gasteiger partial charge in [-0.05, 0) is 24.6 Å². The molecule has 21 heavy (non-hydrogen) atoms.